The van der Waals surface area contributed by atoms with Gasteiger partial charge in [0.2, 0.25) is 5.91 Å². The van der Waals surface area contributed by atoms with Crippen LogP contribution in [0.3, 0.4) is 0 Å². The van der Waals surface area contributed by atoms with Gasteiger partial charge in [-0.1, -0.05) is 41.6 Å². The van der Waals surface area contributed by atoms with Gasteiger partial charge in [-0.15, -0.1) is 5.10 Å². The van der Waals surface area contributed by atoms with Crippen molar-refractivity contribution in [3.63, 3.8) is 0 Å². The van der Waals surface area contributed by atoms with Crippen LogP contribution < -0.4 is 11.1 Å². The van der Waals surface area contributed by atoms with Gasteiger partial charge in [-0.3, -0.25) is 9.00 Å². The van der Waals surface area contributed by atoms with E-state index in [1.54, 1.807) is 42.6 Å². The Morgan fingerprint density at radius 3 is 2.52 bits per heavy atom. The standard InChI is InChI=1S/C24H22FN5O2S/c25-19-9-6-17(7-10-19)18-8-12-22(26)23(14-18)27-24(31)13-11-20-15-30(29-28-20)16-33(32)21-4-2-1-3-5-21/h1-10,12,14-15H,11,13,16,26H2,(H,27,31). The number of nitrogen functional groups attached to an aromatic ring is 1. The number of hydrogen-bond acceptors (Lipinski definition) is 5. The maximum atomic E-state index is 13.2. The fourth-order valence-electron chi connectivity index (χ4n) is 3.22. The molecule has 0 aliphatic heterocycles. The number of anilines is 2. The van der Waals surface area contributed by atoms with E-state index in [9.17, 15) is 13.4 Å². The molecule has 1 heterocycles. The van der Waals surface area contributed by atoms with Gasteiger partial charge < -0.3 is 11.1 Å². The summed E-state index contributed by atoms with van der Waals surface area (Å²) in [7, 11) is -1.24. The molecule has 9 heteroatoms. The van der Waals surface area contributed by atoms with Crippen molar-refractivity contribution in [3.05, 3.63) is 90.5 Å². The van der Waals surface area contributed by atoms with Gasteiger partial charge in [-0.05, 0) is 47.5 Å². The molecule has 0 fully saturated rings. The summed E-state index contributed by atoms with van der Waals surface area (Å²) in [6.07, 6.45) is 2.25. The van der Waals surface area contributed by atoms with Gasteiger partial charge in [0.25, 0.3) is 0 Å². The summed E-state index contributed by atoms with van der Waals surface area (Å²) in [5, 5.41) is 10.9. The average Bonchev–Trinajstić information content (AvgIpc) is 3.27. The third-order valence-electron chi connectivity index (χ3n) is 4.95. The second kappa shape index (κ2) is 10.2. The third-order valence-corrected chi connectivity index (χ3v) is 6.25. The summed E-state index contributed by atoms with van der Waals surface area (Å²) >= 11 is 0. The predicted octanol–water partition coefficient (Wildman–Crippen LogP) is 4.00. The Bertz CT molecular complexity index is 1280. The van der Waals surface area contributed by atoms with Crippen LogP contribution in [0, 0.1) is 5.82 Å². The second-order valence-electron chi connectivity index (χ2n) is 7.39. The predicted molar refractivity (Wildman–Crippen MR) is 126 cm³/mol. The Hall–Kier alpha value is -3.85. The molecule has 1 amide bonds. The largest absolute Gasteiger partial charge is 0.397 e. The zero-order chi connectivity index (χ0) is 23.2. The summed E-state index contributed by atoms with van der Waals surface area (Å²) in [5.41, 5.74) is 9.20. The molecule has 0 aliphatic carbocycles. The third kappa shape index (κ3) is 5.89. The normalized spacial score (nSPS) is 11.8. The molecule has 4 rings (SSSR count). The van der Waals surface area contributed by atoms with Gasteiger partial charge in [0.05, 0.1) is 27.9 Å². The molecule has 0 spiro atoms. The lowest BCUT2D eigenvalue weighted by Gasteiger charge is -2.10. The first kappa shape index (κ1) is 22.3. The summed E-state index contributed by atoms with van der Waals surface area (Å²) in [6, 6.07) is 20.5. The Kier molecular flexibility index (Phi) is 6.89. The number of rotatable bonds is 8. The van der Waals surface area contributed by atoms with E-state index in [4.69, 9.17) is 5.73 Å². The first-order valence-corrected chi connectivity index (χ1v) is 11.6. The zero-order valence-electron chi connectivity index (χ0n) is 17.6. The van der Waals surface area contributed by atoms with E-state index in [1.807, 2.05) is 24.3 Å². The topological polar surface area (TPSA) is 103 Å². The molecule has 1 atom stereocenters. The molecule has 0 saturated heterocycles. The molecule has 33 heavy (non-hydrogen) atoms. The van der Waals surface area contributed by atoms with Crippen LogP contribution in [0.1, 0.15) is 12.1 Å². The molecule has 0 bridgehead atoms. The monoisotopic (exact) mass is 463 g/mol. The summed E-state index contributed by atoms with van der Waals surface area (Å²) < 4.78 is 27.1. The molecule has 3 aromatic carbocycles. The van der Waals surface area contributed by atoms with Gasteiger partial charge in [0.15, 0.2) is 0 Å². The maximum Gasteiger partial charge on any atom is 0.224 e. The van der Waals surface area contributed by atoms with E-state index in [1.165, 1.54) is 16.8 Å². The summed E-state index contributed by atoms with van der Waals surface area (Å²) in [6.45, 7) is 0. The van der Waals surface area contributed by atoms with Crippen LogP contribution in [-0.4, -0.2) is 25.1 Å². The number of benzene rings is 3. The van der Waals surface area contributed by atoms with E-state index in [0.717, 1.165) is 16.0 Å². The van der Waals surface area contributed by atoms with Gasteiger partial charge >= 0.3 is 0 Å². The van der Waals surface area contributed by atoms with E-state index in [0.29, 0.717) is 23.5 Å². The number of carbonyl (C=O) groups is 1. The lowest BCUT2D eigenvalue weighted by molar-refractivity contribution is -0.116. The van der Waals surface area contributed by atoms with Crippen LogP contribution in [0.5, 0.6) is 0 Å². The van der Waals surface area contributed by atoms with Crippen molar-refractivity contribution < 1.29 is 13.4 Å². The smallest absolute Gasteiger partial charge is 0.224 e. The van der Waals surface area contributed by atoms with Crippen LogP contribution >= 0.6 is 0 Å². The minimum atomic E-state index is -1.24. The van der Waals surface area contributed by atoms with E-state index < -0.39 is 10.8 Å². The minimum Gasteiger partial charge on any atom is -0.397 e. The molecule has 3 N–H and O–H groups in total. The highest BCUT2D eigenvalue weighted by molar-refractivity contribution is 7.84. The van der Waals surface area contributed by atoms with Crippen molar-refractivity contribution in [2.45, 2.75) is 23.6 Å². The van der Waals surface area contributed by atoms with E-state index in [2.05, 4.69) is 15.6 Å². The highest BCUT2D eigenvalue weighted by atomic mass is 32.2. The Balaban J connectivity index is 1.34. The zero-order valence-corrected chi connectivity index (χ0v) is 18.5. The number of carbonyl (C=O) groups excluding carboxylic acids is 1. The average molecular weight is 464 g/mol. The van der Waals surface area contributed by atoms with Crippen LogP contribution in [0.2, 0.25) is 0 Å². The summed E-state index contributed by atoms with van der Waals surface area (Å²) in [5.74, 6) is -0.345. The molecule has 0 saturated carbocycles. The first-order valence-electron chi connectivity index (χ1n) is 10.3. The van der Waals surface area contributed by atoms with E-state index >= 15 is 0 Å². The second-order valence-corrected chi connectivity index (χ2v) is 8.81. The molecular weight excluding hydrogens is 441 g/mol. The van der Waals surface area contributed by atoms with Crippen LogP contribution in [0.4, 0.5) is 15.8 Å². The molecule has 1 aromatic heterocycles. The van der Waals surface area contributed by atoms with E-state index in [-0.39, 0.29) is 24.0 Å². The van der Waals surface area contributed by atoms with Crippen molar-refractivity contribution in [1.29, 1.82) is 0 Å². The highest BCUT2D eigenvalue weighted by Gasteiger charge is 2.11. The van der Waals surface area contributed by atoms with Gasteiger partial charge in [0.1, 0.15) is 11.7 Å². The Morgan fingerprint density at radius 1 is 1.03 bits per heavy atom. The Labute approximate surface area is 192 Å². The SMILES string of the molecule is Nc1ccc(-c2ccc(F)cc2)cc1NC(=O)CCc1cn(CS(=O)c2ccccc2)nn1. The van der Waals surface area contributed by atoms with Crippen molar-refractivity contribution in [2.75, 3.05) is 11.1 Å². The van der Waals surface area contributed by atoms with Crippen LogP contribution in [-0.2, 0) is 27.9 Å². The molecule has 0 radical (unpaired) electrons. The fraction of sp³-hybridized carbons (Fsp3) is 0.125. The van der Waals surface area contributed by atoms with Crippen molar-refractivity contribution in [3.8, 4) is 11.1 Å². The highest BCUT2D eigenvalue weighted by Crippen LogP contribution is 2.27. The number of amides is 1. The maximum absolute atomic E-state index is 13.2. The van der Waals surface area contributed by atoms with Crippen LogP contribution in [0.25, 0.3) is 11.1 Å². The number of nitrogens with one attached hydrogen (secondary N) is 1. The molecular formula is C24H22FN5O2S. The molecule has 168 valence electrons. The summed E-state index contributed by atoms with van der Waals surface area (Å²) in [4.78, 5) is 13.2. The molecule has 4 aromatic rings. The number of aryl methyl sites for hydroxylation is 1. The lowest BCUT2D eigenvalue weighted by atomic mass is 10.0. The quantitative estimate of drug-likeness (QED) is 0.385. The fourth-order valence-corrected chi connectivity index (χ4v) is 4.20. The van der Waals surface area contributed by atoms with Crippen molar-refractivity contribution >= 4 is 28.1 Å². The molecule has 0 aliphatic rings. The number of aromatic nitrogens is 3. The van der Waals surface area contributed by atoms with Crippen LogP contribution in [0.15, 0.2) is 83.9 Å². The lowest BCUT2D eigenvalue weighted by Crippen LogP contribution is -2.13. The Morgan fingerprint density at radius 2 is 1.76 bits per heavy atom. The number of nitrogens with two attached hydrogens (primary N) is 1. The number of hydrogen-bond donors (Lipinski definition) is 2. The van der Waals surface area contributed by atoms with Gasteiger partial charge in [-0.2, -0.15) is 0 Å². The van der Waals surface area contributed by atoms with Crippen molar-refractivity contribution in [2.24, 2.45) is 0 Å². The number of nitrogens with zero attached hydrogens (tertiary/aromatic N) is 3. The first-order chi connectivity index (χ1) is 16.0. The molecule has 7 nitrogen and oxygen atoms in total. The van der Waals surface area contributed by atoms with Gasteiger partial charge in [0, 0.05) is 23.9 Å². The molecule has 1 unspecified atom stereocenters. The van der Waals surface area contributed by atoms with Crippen molar-refractivity contribution in [1.82, 2.24) is 15.0 Å². The number of halogens is 1. The minimum absolute atomic E-state index is 0.181. The van der Waals surface area contributed by atoms with Gasteiger partial charge in [-0.25, -0.2) is 9.07 Å².